The molecule has 0 aliphatic carbocycles. The normalized spacial score (nSPS) is 10.5. The molecule has 2 rings (SSSR count). The Morgan fingerprint density at radius 2 is 2.00 bits per heavy atom. The Morgan fingerprint density at radius 1 is 1.35 bits per heavy atom. The minimum Gasteiger partial charge on any atom is -0.364 e. The fourth-order valence-electron chi connectivity index (χ4n) is 1.33. The van der Waals surface area contributed by atoms with Gasteiger partial charge in [-0.1, -0.05) is 34.5 Å². The lowest BCUT2D eigenvalue weighted by Crippen LogP contribution is -2.11. The fraction of sp³-hybridized carbons (Fsp3) is 0.100. The lowest BCUT2D eigenvalue weighted by molar-refractivity contribution is 0.0995. The Morgan fingerprint density at radius 3 is 2.53 bits per heavy atom. The first kappa shape index (κ1) is 11.9. The molecule has 0 fully saturated rings. The molecule has 1 aromatic carbocycles. The number of carbonyl (C=O) groups is 1. The molecule has 2 aromatic rings. The van der Waals surface area contributed by atoms with Crippen LogP contribution in [-0.4, -0.2) is 20.9 Å². The molecule has 2 N–H and O–H groups in total. The molecule has 0 bridgehead atoms. The highest BCUT2D eigenvalue weighted by molar-refractivity contribution is 6.35. The quantitative estimate of drug-likeness (QED) is 0.923. The summed E-state index contributed by atoms with van der Waals surface area (Å²) < 4.78 is 1.45. The Bertz CT molecular complexity index is 547. The summed E-state index contributed by atoms with van der Waals surface area (Å²) in [5.41, 5.74) is 5.90. The standard InChI is InChI=1S/C10H8Cl2N4O/c11-7-2-1-3-8(12)6(7)4-16-5-9(10(13)17)14-15-16/h1-3,5H,4H2,(H2,13,17). The predicted octanol–water partition coefficient (Wildman–Crippen LogP) is 1.73. The molecule has 0 unspecified atom stereocenters. The van der Waals surface area contributed by atoms with E-state index in [1.54, 1.807) is 18.2 Å². The van der Waals surface area contributed by atoms with Crippen molar-refractivity contribution in [3.8, 4) is 0 Å². The molecule has 88 valence electrons. The number of hydrogen-bond donors (Lipinski definition) is 1. The molecule has 1 heterocycles. The third-order valence-electron chi connectivity index (χ3n) is 2.17. The van der Waals surface area contributed by atoms with Gasteiger partial charge in [0.1, 0.15) is 0 Å². The predicted molar refractivity (Wildman–Crippen MR) is 64.1 cm³/mol. The molecule has 7 heteroatoms. The first-order valence-electron chi connectivity index (χ1n) is 4.71. The first-order valence-corrected chi connectivity index (χ1v) is 5.46. The molecule has 0 saturated heterocycles. The summed E-state index contributed by atoms with van der Waals surface area (Å²) >= 11 is 12.0. The molecular weight excluding hydrogens is 263 g/mol. The van der Waals surface area contributed by atoms with Crippen molar-refractivity contribution in [2.24, 2.45) is 5.73 Å². The molecular formula is C10H8Cl2N4O. The van der Waals surface area contributed by atoms with Crippen molar-refractivity contribution in [2.75, 3.05) is 0 Å². The van der Waals surface area contributed by atoms with Crippen molar-refractivity contribution in [1.29, 1.82) is 0 Å². The molecule has 5 nitrogen and oxygen atoms in total. The van der Waals surface area contributed by atoms with Crippen LogP contribution in [0.15, 0.2) is 24.4 Å². The third-order valence-corrected chi connectivity index (χ3v) is 2.88. The zero-order valence-corrected chi connectivity index (χ0v) is 10.1. The monoisotopic (exact) mass is 270 g/mol. The molecule has 1 amide bonds. The lowest BCUT2D eigenvalue weighted by Gasteiger charge is -2.05. The summed E-state index contributed by atoms with van der Waals surface area (Å²) in [7, 11) is 0. The third kappa shape index (κ3) is 2.57. The van der Waals surface area contributed by atoms with E-state index in [1.165, 1.54) is 10.9 Å². The van der Waals surface area contributed by atoms with Crippen LogP contribution in [-0.2, 0) is 6.54 Å². The number of rotatable bonds is 3. The molecule has 0 atom stereocenters. The lowest BCUT2D eigenvalue weighted by atomic mass is 10.2. The van der Waals surface area contributed by atoms with Crippen molar-refractivity contribution in [1.82, 2.24) is 15.0 Å². The number of amides is 1. The summed E-state index contributed by atoms with van der Waals surface area (Å²) in [4.78, 5) is 10.9. The number of hydrogen-bond acceptors (Lipinski definition) is 3. The highest BCUT2D eigenvalue weighted by Gasteiger charge is 2.10. The molecule has 0 radical (unpaired) electrons. The summed E-state index contributed by atoms with van der Waals surface area (Å²) in [6.45, 7) is 0.332. The minimum atomic E-state index is -0.624. The van der Waals surface area contributed by atoms with E-state index in [0.29, 0.717) is 16.6 Å². The van der Waals surface area contributed by atoms with Crippen LogP contribution in [0, 0.1) is 0 Å². The second-order valence-corrected chi connectivity index (χ2v) is 4.18. The van der Waals surface area contributed by atoms with E-state index < -0.39 is 5.91 Å². The summed E-state index contributed by atoms with van der Waals surface area (Å²) in [5.74, 6) is -0.624. The van der Waals surface area contributed by atoms with Gasteiger partial charge < -0.3 is 5.73 Å². The van der Waals surface area contributed by atoms with Gasteiger partial charge in [0.2, 0.25) is 0 Å². The van der Waals surface area contributed by atoms with Gasteiger partial charge in [0, 0.05) is 15.6 Å². The average Bonchev–Trinajstić information content (AvgIpc) is 2.72. The molecule has 17 heavy (non-hydrogen) atoms. The van der Waals surface area contributed by atoms with Gasteiger partial charge in [0.25, 0.3) is 5.91 Å². The van der Waals surface area contributed by atoms with E-state index in [-0.39, 0.29) is 5.69 Å². The van der Waals surface area contributed by atoms with Gasteiger partial charge in [-0.3, -0.25) is 4.79 Å². The zero-order valence-electron chi connectivity index (χ0n) is 8.60. The maximum absolute atomic E-state index is 10.9. The second-order valence-electron chi connectivity index (χ2n) is 3.37. The van der Waals surface area contributed by atoms with Crippen molar-refractivity contribution < 1.29 is 4.79 Å². The topological polar surface area (TPSA) is 73.8 Å². The molecule has 0 saturated carbocycles. The molecule has 0 aliphatic rings. The van der Waals surface area contributed by atoms with E-state index in [1.807, 2.05) is 0 Å². The number of benzene rings is 1. The number of primary amides is 1. The highest BCUT2D eigenvalue weighted by Crippen LogP contribution is 2.24. The second kappa shape index (κ2) is 4.73. The maximum Gasteiger partial charge on any atom is 0.270 e. The van der Waals surface area contributed by atoms with Crippen LogP contribution < -0.4 is 5.73 Å². The Kier molecular flexibility index (Phi) is 3.31. The number of nitrogens with zero attached hydrogens (tertiary/aromatic N) is 3. The van der Waals surface area contributed by atoms with E-state index in [9.17, 15) is 4.79 Å². The van der Waals surface area contributed by atoms with Gasteiger partial charge in [-0.05, 0) is 12.1 Å². The van der Waals surface area contributed by atoms with E-state index in [0.717, 1.165) is 5.56 Å². The van der Waals surface area contributed by atoms with Gasteiger partial charge in [0.05, 0.1) is 12.7 Å². The Labute approximate surface area is 107 Å². The first-order chi connectivity index (χ1) is 8.08. The SMILES string of the molecule is NC(=O)c1cn(Cc2c(Cl)cccc2Cl)nn1. The number of aromatic nitrogens is 3. The van der Waals surface area contributed by atoms with Gasteiger partial charge in [-0.2, -0.15) is 0 Å². The zero-order chi connectivity index (χ0) is 12.4. The molecule has 0 spiro atoms. The van der Waals surface area contributed by atoms with Crippen LogP contribution in [0.25, 0.3) is 0 Å². The van der Waals surface area contributed by atoms with Crippen molar-refractivity contribution in [3.05, 3.63) is 45.7 Å². The summed E-state index contributed by atoms with van der Waals surface area (Å²) in [6.07, 6.45) is 1.45. The van der Waals surface area contributed by atoms with Gasteiger partial charge in [-0.25, -0.2) is 4.68 Å². The van der Waals surface area contributed by atoms with Crippen LogP contribution in [0.5, 0.6) is 0 Å². The number of carbonyl (C=O) groups excluding carboxylic acids is 1. The van der Waals surface area contributed by atoms with E-state index >= 15 is 0 Å². The maximum atomic E-state index is 10.9. The van der Waals surface area contributed by atoms with Gasteiger partial charge >= 0.3 is 0 Å². The molecule has 0 aliphatic heterocycles. The van der Waals surface area contributed by atoms with Gasteiger partial charge in [-0.15, -0.1) is 5.10 Å². The van der Waals surface area contributed by atoms with Crippen LogP contribution in [0.2, 0.25) is 10.0 Å². The summed E-state index contributed by atoms with van der Waals surface area (Å²) in [5, 5.41) is 8.46. The van der Waals surface area contributed by atoms with Crippen molar-refractivity contribution in [3.63, 3.8) is 0 Å². The number of nitrogens with two attached hydrogens (primary N) is 1. The van der Waals surface area contributed by atoms with E-state index in [4.69, 9.17) is 28.9 Å². The van der Waals surface area contributed by atoms with Crippen LogP contribution in [0.4, 0.5) is 0 Å². The van der Waals surface area contributed by atoms with Crippen molar-refractivity contribution >= 4 is 29.1 Å². The van der Waals surface area contributed by atoms with Crippen molar-refractivity contribution in [2.45, 2.75) is 6.54 Å². The highest BCUT2D eigenvalue weighted by atomic mass is 35.5. The number of halogens is 2. The Balaban J connectivity index is 2.28. The van der Waals surface area contributed by atoms with Gasteiger partial charge in [0.15, 0.2) is 5.69 Å². The smallest absolute Gasteiger partial charge is 0.270 e. The fourth-order valence-corrected chi connectivity index (χ4v) is 1.85. The van der Waals surface area contributed by atoms with Crippen LogP contribution >= 0.6 is 23.2 Å². The van der Waals surface area contributed by atoms with Crippen LogP contribution in [0.1, 0.15) is 16.1 Å². The summed E-state index contributed by atoms with van der Waals surface area (Å²) in [6, 6.07) is 5.22. The molecule has 1 aromatic heterocycles. The minimum absolute atomic E-state index is 0.105. The Hall–Kier alpha value is -1.59. The largest absolute Gasteiger partial charge is 0.364 e. The van der Waals surface area contributed by atoms with E-state index in [2.05, 4.69) is 10.3 Å². The van der Waals surface area contributed by atoms with Crippen LogP contribution in [0.3, 0.4) is 0 Å². The average molecular weight is 271 g/mol.